The number of carbonyl (C=O) groups excluding carboxylic acids is 1. The monoisotopic (exact) mass is 411 g/mol. The summed E-state index contributed by atoms with van der Waals surface area (Å²) in [6.07, 6.45) is 6.61. The molecule has 28 heavy (non-hydrogen) atoms. The van der Waals surface area contributed by atoms with Crippen molar-refractivity contribution in [3.8, 4) is 0 Å². The van der Waals surface area contributed by atoms with Gasteiger partial charge in [0, 0.05) is 10.6 Å². The number of benzene rings is 1. The third kappa shape index (κ3) is 3.37. The van der Waals surface area contributed by atoms with E-state index in [1.54, 1.807) is 11.3 Å². The molecule has 0 spiro atoms. The zero-order chi connectivity index (χ0) is 19.1. The first kappa shape index (κ1) is 17.9. The lowest BCUT2D eigenvalue weighted by atomic mass is 10.1. The normalized spacial score (nSPS) is 15.0. The summed E-state index contributed by atoms with van der Waals surface area (Å²) in [4.78, 5) is 34.4. The number of amides is 1. The molecular weight excluding hydrogens is 390 g/mol. The van der Waals surface area contributed by atoms with Gasteiger partial charge in [-0.1, -0.05) is 6.07 Å². The second-order valence-electron chi connectivity index (χ2n) is 7.43. The summed E-state index contributed by atoms with van der Waals surface area (Å²) < 4.78 is 0. The fourth-order valence-corrected chi connectivity index (χ4v) is 6.17. The highest BCUT2D eigenvalue weighted by molar-refractivity contribution is 7.99. The average Bonchev–Trinajstić information content (AvgIpc) is 3.36. The Morgan fingerprint density at radius 2 is 2.04 bits per heavy atom. The van der Waals surface area contributed by atoms with Crippen molar-refractivity contribution in [2.45, 2.75) is 44.3 Å². The van der Waals surface area contributed by atoms with Gasteiger partial charge in [0.25, 0.3) is 5.56 Å². The molecule has 0 bridgehead atoms. The summed E-state index contributed by atoms with van der Waals surface area (Å²) in [7, 11) is 0. The Labute approximate surface area is 171 Å². The molecular formula is C21H21N3O2S2. The van der Waals surface area contributed by atoms with E-state index in [0.29, 0.717) is 17.3 Å². The number of thioether (sulfide) groups is 1. The summed E-state index contributed by atoms with van der Waals surface area (Å²) in [6, 6.07) is 6.19. The van der Waals surface area contributed by atoms with Crippen LogP contribution in [0.25, 0.3) is 10.2 Å². The topological polar surface area (TPSA) is 74.8 Å². The number of rotatable bonds is 5. The van der Waals surface area contributed by atoms with Gasteiger partial charge in [0.15, 0.2) is 0 Å². The van der Waals surface area contributed by atoms with E-state index in [4.69, 9.17) is 0 Å². The van der Waals surface area contributed by atoms with Crippen molar-refractivity contribution in [1.29, 1.82) is 0 Å². The predicted molar refractivity (Wildman–Crippen MR) is 116 cm³/mol. The molecule has 1 amide bonds. The van der Waals surface area contributed by atoms with E-state index in [9.17, 15) is 9.59 Å². The molecule has 5 rings (SSSR count). The third-order valence-corrected chi connectivity index (χ3v) is 7.61. The number of aryl methyl sites for hydroxylation is 4. The third-order valence-electron chi connectivity index (χ3n) is 5.48. The Morgan fingerprint density at radius 3 is 2.96 bits per heavy atom. The highest BCUT2D eigenvalue weighted by atomic mass is 32.2. The molecule has 1 aromatic carbocycles. The number of hydrogen-bond acceptors (Lipinski definition) is 5. The summed E-state index contributed by atoms with van der Waals surface area (Å²) >= 11 is 3.11. The van der Waals surface area contributed by atoms with E-state index in [2.05, 4.69) is 27.4 Å². The average molecular weight is 412 g/mol. The number of aromatic amines is 1. The van der Waals surface area contributed by atoms with Gasteiger partial charge in [-0.3, -0.25) is 9.59 Å². The molecule has 3 aromatic rings. The molecule has 2 N–H and O–H groups in total. The van der Waals surface area contributed by atoms with Gasteiger partial charge in [-0.15, -0.1) is 23.1 Å². The van der Waals surface area contributed by atoms with Gasteiger partial charge < -0.3 is 10.3 Å². The van der Waals surface area contributed by atoms with Gasteiger partial charge in [-0.2, -0.15) is 0 Å². The van der Waals surface area contributed by atoms with Gasteiger partial charge in [0.05, 0.1) is 16.9 Å². The molecule has 2 aliphatic carbocycles. The quantitative estimate of drug-likeness (QED) is 0.669. The molecule has 2 heterocycles. The zero-order valence-electron chi connectivity index (χ0n) is 15.5. The summed E-state index contributed by atoms with van der Waals surface area (Å²) in [6.45, 7) is 0. The van der Waals surface area contributed by atoms with Crippen LogP contribution in [-0.4, -0.2) is 21.6 Å². The lowest BCUT2D eigenvalue weighted by Gasteiger charge is -2.07. The van der Waals surface area contributed by atoms with Gasteiger partial charge in [0.1, 0.15) is 10.7 Å². The van der Waals surface area contributed by atoms with Crippen LogP contribution in [0.5, 0.6) is 0 Å². The molecule has 0 fully saturated rings. The first-order chi connectivity index (χ1) is 13.7. The standard InChI is InChI=1S/C21H21N3O2S2/c25-18(22-14-8-7-12-3-1-4-13(12)9-14)11-27-10-17-23-20(26)19-15-5-2-6-16(15)28-21(19)24-17/h7-9H,1-6,10-11H2,(H,22,25)(H,23,24,26). The Kier molecular flexibility index (Phi) is 4.72. The van der Waals surface area contributed by atoms with Crippen molar-refractivity contribution in [1.82, 2.24) is 9.97 Å². The lowest BCUT2D eigenvalue weighted by Crippen LogP contribution is -2.15. The van der Waals surface area contributed by atoms with Crippen LogP contribution in [0.4, 0.5) is 5.69 Å². The van der Waals surface area contributed by atoms with Crippen LogP contribution in [-0.2, 0) is 36.2 Å². The van der Waals surface area contributed by atoms with Crippen LogP contribution >= 0.6 is 23.1 Å². The van der Waals surface area contributed by atoms with Gasteiger partial charge >= 0.3 is 0 Å². The largest absolute Gasteiger partial charge is 0.325 e. The summed E-state index contributed by atoms with van der Waals surface area (Å²) in [5, 5.41) is 3.75. The van der Waals surface area contributed by atoms with Crippen molar-refractivity contribution in [2.75, 3.05) is 11.1 Å². The number of nitrogens with one attached hydrogen (secondary N) is 2. The summed E-state index contributed by atoms with van der Waals surface area (Å²) in [5.74, 6) is 1.47. The Hall–Kier alpha value is -2.12. The van der Waals surface area contributed by atoms with Crippen molar-refractivity contribution in [3.05, 3.63) is 55.9 Å². The molecule has 2 aliphatic rings. The van der Waals surface area contributed by atoms with E-state index in [1.165, 1.54) is 39.8 Å². The lowest BCUT2D eigenvalue weighted by molar-refractivity contribution is -0.113. The highest BCUT2D eigenvalue weighted by Crippen LogP contribution is 2.34. The van der Waals surface area contributed by atoms with E-state index >= 15 is 0 Å². The van der Waals surface area contributed by atoms with Crippen LogP contribution in [0, 0.1) is 0 Å². The first-order valence-corrected chi connectivity index (χ1v) is 11.7. The highest BCUT2D eigenvalue weighted by Gasteiger charge is 2.21. The Bertz CT molecular complexity index is 1130. The number of H-pyrrole nitrogens is 1. The minimum atomic E-state index is -0.0393. The molecule has 0 radical (unpaired) electrons. The number of thiophene rings is 1. The number of nitrogens with zero attached hydrogens (tertiary/aromatic N) is 1. The molecule has 0 unspecified atom stereocenters. The maximum absolute atomic E-state index is 12.5. The van der Waals surface area contributed by atoms with Gasteiger partial charge in [-0.25, -0.2) is 4.98 Å². The van der Waals surface area contributed by atoms with Crippen molar-refractivity contribution in [2.24, 2.45) is 0 Å². The van der Waals surface area contributed by atoms with Crippen molar-refractivity contribution in [3.63, 3.8) is 0 Å². The second-order valence-corrected chi connectivity index (χ2v) is 9.50. The van der Waals surface area contributed by atoms with Crippen LogP contribution in [0.2, 0.25) is 0 Å². The maximum Gasteiger partial charge on any atom is 0.259 e. The van der Waals surface area contributed by atoms with E-state index < -0.39 is 0 Å². The molecule has 5 nitrogen and oxygen atoms in total. The fourth-order valence-electron chi connectivity index (χ4n) is 4.20. The van der Waals surface area contributed by atoms with Gasteiger partial charge in [-0.05, 0) is 67.3 Å². The minimum absolute atomic E-state index is 0.0264. The molecule has 0 saturated carbocycles. The predicted octanol–water partition coefficient (Wildman–Crippen LogP) is 3.83. The van der Waals surface area contributed by atoms with E-state index in [0.717, 1.165) is 48.0 Å². The molecule has 0 saturated heterocycles. The number of carbonyl (C=O) groups is 1. The minimum Gasteiger partial charge on any atom is -0.325 e. The fraction of sp³-hybridized carbons (Fsp3) is 0.381. The maximum atomic E-state index is 12.5. The smallest absolute Gasteiger partial charge is 0.259 e. The van der Waals surface area contributed by atoms with E-state index in [-0.39, 0.29) is 11.5 Å². The molecule has 0 aliphatic heterocycles. The number of aromatic nitrogens is 2. The van der Waals surface area contributed by atoms with Crippen LogP contribution in [0.1, 0.15) is 40.2 Å². The van der Waals surface area contributed by atoms with Gasteiger partial charge in [0.2, 0.25) is 5.91 Å². The van der Waals surface area contributed by atoms with E-state index in [1.807, 2.05) is 6.07 Å². The number of fused-ring (bicyclic) bond motifs is 4. The van der Waals surface area contributed by atoms with Crippen molar-refractivity contribution >= 4 is 44.9 Å². The van der Waals surface area contributed by atoms with Crippen LogP contribution in [0.15, 0.2) is 23.0 Å². The van der Waals surface area contributed by atoms with Crippen LogP contribution < -0.4 is 10.9 Å². The SMILES string of the molecule is O=C(CSCc1nc2sc3c(c2c(=O)[nH]1)CCC3)Nc1ccc2c(c1)CCC2. The first-order valence-electron chi connectivity index (χ1n) is 9.70. The van der Waals surface area contributed by atoms with Crippen molar-refractivity contribution < 1.29 is 4.79 Å². The second kappa shape index (κ2) is 7.37. The molecule has 144 valence electrons. The Balaban J connectivity index is 1.21. The Morgan fingerprint density at radius 1 is 1.18 bits per heavy atom. The summed E-state index contributed by atoms with van der Waals surface area (Å²) in [5.41, 5.74) is 4.78. The molecule has 7 heteroatoms. The zero-order valence-corrected chi connectivity index (χ0v) is 17.1. The number of anilines is 1. The molecule has 0 atom stereocenters. The van der Waals surface area contributed by atoms with Crippen LogP contribution in [0.3, 0.4) is 0 Å². The molecule has 2 aromatic heterocycles. The number of hydrogen-bond donors (Lipinski definition) is 2.